The summed E-state index contributed by atoms with van der Waals surface area (Å²) in [5, 5.41) is 12.5. The van der Waals surface area contributed by atoms with Gasteiger partial charge in [0.2, 0.25) is 5.95 Å². The number of H-pyrrole nitrogens is 2. The van der Waals surface area contributed by atoms with Gasteiger partial charge in [0.05, 0.1) is 17.4 Å². The van der Waals surface area contributed by atoms with Crippen molar-refractivity contribution in [2.75, 3.05) is 26.2 Å². The fourth-order valence-corrected chi connectivity index (χ4v) is 4.43. The van der Waals surface area contributed by atoms with Crippen molar-refractivity contribution in [3.63, 3.8) is 0 Å². The van der Waals surface area contributed by atoms with Crippen molar-refractivity contribution in [3.8, 4) is 22.4 Å². The van der Waals surface area contributed by atoms with E-state index in [4.69, 9.17) is 0 Å². The molecule has 1 aliphatic heterocycles. The number of nitrogens with zero attached hydrogens (tertiary/aromatic N) is 4. The summed E-state index contributed by atoms with van der Waals surface area (Å²) in [7, 11) is 0. The molecule has 4 aromatic heterocycles. The molecule has 160 valence electrons. The number of hydrogen-bond donors (Lipinski definition) is 3. The highest BCUT2D eigenvalue weighted by molar-refractivity contribution is 5.98. The van der Waals surface area contributed by atoms with Crippen molar-refractivity contribution in [2.24, 2.45) is 0 Å². The summed E-state index contributed by atoms with van der Waals surface area (Å²) in [6.07, 6.45) is 3.61. The summed E-state index contributed by atoms with van der Waals surface area (Å²) in [6, 6.07) is 13.7. The molecule has 0 bridgehead atoms. The van der Waals surface area contributed by atoms with Crippen molar-refractivity contribution in [1.82, 2.24) is 35.4 Å². The van der Waals surface area contributed by atoms with Crippen molar-refractivity contribution in [2.45, 2.75) is 6.54 Å². The number of pyridine rings is 2. The van der Waals surface area contributed by atoms with Crippen LogP contribution < -0.4 is 5.32 Å². The van der Waals surface area contributed by atoms with E-state index in [9.17, 15) is 4.39 Å². The summed E-state index contributed by atoms with van der Waals surface area (Å²) in [6.45, 7) is 4.41. The highest BCUT2D eigenvalue weighted by Crippen LogP contribution is 2.32. The number of benzene rings is 1. The van der Waals surface area contributed by atoms with Crippen LogP contribution in [0.15, 0.2) is 54.9 Å². The van der Waals surface area contributed by atoms with E-state index in [2.05, 4.69) is 47.5 Å². The molecule has 0 spiro atoms. The topological polar surface area (TPSA) is 85.5 Å². The Morgan fingerprint density at radius 2 is 1.91 bits per heavy atom. The van der Waals surface area contributed by atoms with Crippen LogP contribution in [0.4, 0.5) is 4.39 Å². The van der Waals surface area contributed by atoms with E-state index < -0.39 is 5.95 Å². The molecule has 3 N–H and O–H groups in total. The zero-order valence-corrected chi connectivity index (χ0v) is 17.4. The maximum Gasteiger partial charge on any atom is 0.213 e. The second-order valence-corrected chi connectivity index (χ2v) is 8.17. The van der Waals surface area contributed by atoms with Gasteiger partial charge in [-0.15, -0.1) is 0 Å². The average molecular weight is 427 g/mol. The lowest BCUT2D eigenvalue weighted by atomic mass is 10.0. The Labute approximate surface area is 183 Å². The van der Waals surface area contributed by atoms with Gasteiger partial charge in [0, 0.05) is 67.0 Å². The molecule has 6 rings (SSSR count). The van der Waals surface area contributed by atoms with E-state index in [-0.39, 0.29) is 0 Å². The van der Waals surface area contributed by atoms with E-state index in [1.165, 1.54) is 6.07 Å². The first-order chi connectivity index (χ1) is 15.7. The number of aromatic nitrogens is 5. The van der Waals surface area contributed by atoms with Crippen LogP contribution in [-0.4, -0.2) is 56.2 Å². The van der Waals surface area contributed by atoms with Crippen LogP contribution in [-0.2, 0) is 6.54 Å². The molecule has 7 nitrogen and oxygen atoms in total. The van der Waals surface area contributed by atoms with Gasteiger partial charge < -0.3 is 10.3 Å². The minimum absolute atomic E-state index is 0.468. The molecular formula is C24H22FN7. The van der Waals surface area contributed by atoms with Crippen LogP contribution in [0.3, 0.4) is 0 Å². The first kappa shape index (κ1) is 19.1. The molecular weight excluding hydrogens is 405 g/mol. The Kier molecular flexibility index (Phi) is 4.66. The third-order valence-corrected chi connectivity index (χ3v) is 6.04. The Balaban J connectivity index is 1.39. The van der Waals surface area contributed by atoms with Gasteiger partial charge in [0.25, 0.3) is 0 Å². The lowest BCUT2D eigenvalue weighted by Crippen LogP contribution is -2.43. The lowest BCUT2D eigenvalue weighted by molar-refractivity contribution is 0.230. The largest absolute Gasteiger partial charge is 0.339 e. The van der Waals surface area contributed by atoms with Gasteiger partial charge in [-0.3, -0.25) is 10.00 Å². The predicted octanol–water partition coefficient (Wildman–Crippen LogP) is 3.71. The van der Waals surface area contributed by atoms with Crippen molar-refractivity contribution in [3.05, 3.63) is 66.5 Å². The average Bonchev–Trinajstić information content (AvgIpc) is 3.45. The first-order valence-electron chi connectivity index (χ1n) is 10.7. The highest BCUT2D eigenvalue weighted by atomic mass is 19.1. The monoisotopic (exact) mass is 427 g/mol. The highest BCUT2D eigenvalue weighted by Gasteiger charge is 2.15. The quantitative estimate of drug-likeness (QED) is 0.381. The first-order valence-corrected chi connectivity index (χ1v) is 10.7. The molecule has 0 aliphatic carbocycles. The third kappa shape index (κ3) is 3.53. The zero-order valence-electron chi connectivity index (χ0n) is 17.4. The Bertz CT molecular complexity index is 1410. The van der Waals surface area contributed by atoms with E-state index in [0.717, 1.165) is 76.2 Å². The maximum atomic E-state index is 14.4. The van der Waals surface area contributed by atoms with E-state index in [1.54, 1.807) is 6.20 Å². The smallest absolute Gasteiger partial charge is 0.213 e. The van der Waals surface area contributed by atoms with Crippen LogP contribution in [0, 0.1) is 5.95 Å². The van der Waals surface area contributed by atoms with Gasteiger partial charge in [-0.05, 0) is 41.5 Å². The van der Waals surface area contributed by atoms with E-state index >= 15 is 0 Å². The number of halogens is 1. The van der Waals surface area contributed by atoms with E-state index in [1.807, 2.05) is 30.5 Å². The molecule has 8 heteroatoms. The number of fused-ring (bicyclic) bond motifs is 2. The van der Waals surface area contributed by atoms with Crippen LogP contribution in [0.2, 0.25) is 0 Å². The Morgan fingerprint density at radius 3 is 2.81 bits per heavy atom. The third-order valence-electron chi connectivity index (χ3n) is 6.04. The molecule has 5 heterocycles. The summed E-state index contributed by atoms with van der Waals surface area (Å²) >= 11 is 0. The molecule has 0 saturated carbocycles. The Morgan fingerprint density at radius 1 is 1.00 bits per heavy atom. The molecule has 5 aromatic rings. The molecule has 1 saturated heterocycles. The van der Waals surface area contributed by atoms with Crippen LogP contribution >= 0.6 is 0 Å². The molecule has 32 heavy (non-hydrogen) atoms. The van der Waals surface area contributed by atoms with Gasteiger partial charge in [-0.1, -0.05) is 6.07 Å². The summed E-state index contributed by atoms with van der Waals surface area (Å²) in [5.41, 5.74) is 6.25. The van der Waals surface area contributed by atoms with E-state index in [0.29, 0.717) is 6.54 Å². The molecule has 1 aromatic carbocycles. The Hall–Kier alpha value is -3.62. The van der Waals surface area contributed by atoms with Gasteiger partial charge >= 0.3 is 0 Å². The van der Waals surface area contributed by atoms with Crippen LogP contribution in [0.25, 0.3) is 44.3 Å². The van der Waals surface area contributed by atoms with Gasteiger partial charge in [-0.2, -0.15) is 9.49 Å². The number of aromatic amines is 2. The molecule has 0 atom stereocenters. The van der Waals surface area contributed by atoms with Crippen LogP contribution in [0.5, 0.6) is 0 Å². The maximum absolute atomic E-state index is 14.4. The predicted molar refractivity (Wildman–Crippen MR) is 123 cm³/mol. The van der Waals surface area contributed by atoms with Gasteiger partial charge in [0.1, 0.15) is 5.65 Å². The standard InChI is InChI=1S/C24H22FN7/c25-23-11-16(10-18(29-23)14-32-7-5-26-6-8-32)22-12-20-19(3-4-27-24(20)30-22)15-1-2-21-17(9-15)13-28-31-21/h1-4,9-13,26H,5-8,14H2,(H,27,30)(H,28,31). The second-order valence-electron chi connectivity index (χ2n) is 8.17. The summed E-state index contributed by atoms with van der Waals surface area (Å²) in [4.78, 5) is 14.3. The van der Waals surface area contributed by atoms with Crippen molar-refractivity contribution >= 4 is 21.9 Å². The fraction of sp³-hybridized carbons (Fsp3) is 0.208. The summed E-state index contributed by atoms with van der Waals surface area (Å²) in [5.74, 6) is -0.468. The molecule has 0 amide bonds. The van der Waals surface area contributed by atoms with Crippen molar-refractivity contribution in [1.29, 1.82) is 0 Å². The van der Waals surface area contributed by atoms with Gasteiger partial charge in [-0.25, -0.2) is 9.97 Å². The zero-order chi connectivity index (χ0) is 21.5. The minimum atomic E-state index is -0.468. The summed E-state index contributed by atoms with van der Waals surface area (Å²) < 4.78 is 14.4. The van der Waals surface area contributed by atoms with Crippen molar-refractivity contribution < 1.29 is 4.39 Å². The molecule has 0 radical (unpaired) electrons. The van der Waals surface area contributed by atoms with Gasteiger partial charge in [0.15, 0.2) is 0 Å². The molecule has 0 unspecified atom stereocenters. The second kappa shape index (κ2) is 7.81. The number of hydrogen-bond acceptors (Lipinski definition) is 5. The van der Waals surface area contributed by atoms with Crippen LogP contribution in [0.1, 0.15) is 5.69 Å². The minimum Gasteiger partial charge on any atom is -0.339 e. The SMILES string of the molecule is Fc1cc(-c2cc3c(-c4ccc5[nH]ncc5c4)ccnc3[nH]2)cc(CN2CCNCC2)n1. The molecule has 1 fully saturated rings. The number of nitrogens with one attached hydrogen (secondary N) is 3. The fourth-order valence-electron chi connectivity index (χ4n) is 4.43. The normalized spacial score (nSPS) is 15.0. The number of piperazine rings is 1. The lowest BCUT2D eigenvalue weighted by Gasteiger charge is -2.26. The number of rotatable bonds is 4. The molecule has 1 aliphatic rings.